The Morgan fingerprint density at radius 1 is 1.00 bits per heavy atom. The first kappa shape index (κ1) is 24.1. The van der Waals surface area contributed by atoms with Crippen LogP contribution in [0.1, 0.15) is 92.4 Å². The van der Waals surface area contributed by atoms with Gasteiger partial charge in [-0.05, 0) is 24.7 Å². The van der Waals surface area contributed by atoms with E-state index in [4.69, 9.17) is 14.6 Å². The van der Waals surface area contributed by atoms with Crippen LogP contribution in [-0.4, -0.2) is 23.5 Å². The van der Waals surface area contributed by atoms with Crippen LogP contribution in [0.2, 0.25) is 0 Å². The van der Waals surface area contributed by atoms with E-state index >= 15 is 0 Å². The number of hydrogen-bond acceptors (Lipinski definition) is 2. The lowest BCUT2D eigenvalue weighted by Crippen LogP contribution is -2.43. The third kappa shape index (κ3) is 9.79. The Labute approximate surface area is 140 Å². The van der Waals surface area contributed by atoms with E-state index in [1.807, 2.05) is 7.11 Å². The number of hydrogen-bond donors (Lipinski definition) is 1. The van der Waals surface area contributed by atoms with Gasteiger partial charge < -0.3 is 9.84 Å². The lowest BCUT2D eigenvalue weighted by molar-refractivity contribution is -0.134. The van der Waals surface area contributed by atoms with Crippen LogP contribution < -0.4 is 0 Å². The third-order valence-corrected chi connectivity index (χ3v) is 5.67. The van der Waals surface area contributed by atoms with E-state index in [9.17, 15) is 0 Å². The molecule has 0 saturated heterocycles. The molecule has 0 heterocycles. The highest BCUT2D eigenvalue weighted by Crippen LogP contribution is 2.49. The molecule has 0 saturated carbocycles. The molecule has 4 heteroatoms. The summed E-state index contributed by atoms with van der Waals surface area (Å²) in [5.41, 5.74) is 0.299. The highest BCUT2D eigenvalue weighted by Gasteiger charge is 2.43. The predicted molar refractivity (Wildman–Crippen MR) is 99.4 cm³/mol. The molecule has 0 bridgehead atoms. The summed E-state index contributed by atoms with van der Waals surface area (Å²) in [6.07, 6.45) is 11.4. The van der Waals surface area contributed by atoms with Crippen molar-refractivity contribution in [2.45, 2.75) is 97.7 Å². The lowest BCUT2D eigenvalue weighted by Gasteiger charge is -2.46. The van der Waals surface area contributed by atoms with Gasteiger partial charge in [0.25, 0.3) is 5.97 Å². The van der Waals surface area contributed by atoms with E-state index in [1.54, 1.807) is 0 Å². The van der Waals surface area contributed by atoms with Crippen LogP contribution in [0, 0.1) is 5.41 Å². The van der Waals surface area contributed by atoms with Crippen molar-refractivity contribution in [3.05, 3.63) is 0 Å². The summed E-state index contributed by atoms with van der Waals surface area (Å²) in [5.74, 6) is -0.833. The number of methoxy groups -OCH3 is 1. The number of rotatable bonds is 11. The van der Waals surface area contributed by atoms with Gasteiger partial charge in [0, 0.05) is 14.0 Å². The molecule has 134 valence electrons. The summed E-state index contributed by atoms with van der Waals surface area (Å²) in [6, 6.07) is 0. The van der Waals surface area contributed by atoms with Crippen LogP contribution in [0.3, 0.4) is 0 Å². The van der Waals surface area contributed by atoms with Gasteiger partial charge >= 0.3 is 0 Å². The normalized spacial score (nSPS) is 14.0. The van der Waals surface area contributed by atoms with Crippen molar-refractivity contribution < 1.29 is 14.6 Å². The Morgan fingerprint density at radius 2 is 1.32 bits per heavy atom. The molecule has 2 unspecified atom stereocenters. The molecule has 0 rings (SSSR count). The minimum absolute atomic E-state index is 0.0344. The van der Waals surface area contributed by atoms with Crippen molar-refractivity contribution >= 4 is 15.2 Å². The second-order valence-electron chi connectivity index (χ2n) is 6.48. The van der Waals surface area contributed by atoms with E-state index in [1.165, 1.54) is 51.4 Å². The number of carbonyl (C=O) groups is 1. The smallest absolute Gasteiger partial charge is 0.300 e. The molecule has 0 spiro atoms. The number of ether oxygens (including phenoxy) is 1. The second kappa shape index (κ2) is 13.3. The van der Waals surface area contributed by atoms with Gasteiger partial charge in [0.1, 0.15) is 0 Å². The first-order valence-corrected chi connectivity index (χ1v) is 9.34. The highest BCUT2D eigenvalue weighted by atomic mass is 31.0. The van der Waals surface area contributed by atoms with E-state index in [-0.39, 0.29) is 5.34 Å². The first-order valence-electron chi connectivity index (χ1n) is 8.76. The summed E-state index contributed by atoms with van der Waals surface area (Å²) in [6.45, 7) is 10.3. The van der Waals surface area contributed by atoms with Gasteiger partial charge in [0.05, 0.1) is 5.34 Å². The maximum atomic E-state index is 9.00. The van der Waals surface area contributed by atoms with Crippen LogP contribution in [0.5, 0.6) is 0 Å². The summed E-state index contributed by atoms with van der Waals surface area (Å²) < 4.78 is 5.96. The molecule has 2 atom stereocenters. The maximum absolute atomic E-state index is 9.00. The maximum Gasteiger partial charge on any atom is 0.300 e. The summed E-state index contributed by atoms with van der Waals surface area (Å²) in [5, 5.41) is 7.38. The van der Waals surface area contributed by atoms with E-state index in [2.05, 4.69) is 36.9 Å². The van der Waals surface area contributed by atoms with E-state index in [0.717, 1.165) is 13.3 Å². The number of aliphatic carboxylic acids is 1. The minimum Gasteiger partial charge on any atom is -0.481 e. The molecule has 0 aromatic carbocycles. The fraction of sp³-hybridized carbons (Fsp3) is 0.944. The average Bonchev–Trinajstić information content (AvgIpc) is 2.47. The van der Waals surface area contributed by atoms with Gasteiger partial charge in [0.2, 0.25) is 0 Å². The van der Waals surface area contributed by atoms with Crippen molar-refractivity contribution in [1.82, 2.24) is 0 Å². The molecule has 0 amide bonds. The van der Waals surface area contributed by atoms with Crippen molar-refractivity contribution in [1.29, 1.82) is 0 Å². The molecule has 0 fully saturated rings. The molecule has 0 aliphatic carbocycles. The zero-order chi connectivity index (χ0) is 17.6. The Hall–Kier alpha value is -0.140. The predicted octanol–water partition coefficient (Wildman–Crippen LogP) is 5.87. The molecule has 0 radical (unpaired) electrons. The van der Waals surface area contributed by atoms with E-state index in [0.29, 0.717) is 5.41 Å². The zero-order valence-corrected chi connectivity index (χ0v) is 16.9. The Morgan fingerprint density at radius 3 is 1.59 bits per heavy atom. The number of carboxylic acids is 1. The lowest BCUT2D eigenvalue weighted by atomic mass is 9.73. The minimum atomic E-state index is -0.833. The molecule has 0 aliphatic rings. The van der Waals surface area contributed by atoms with Crippen molar-refractivity contribution in [2.75, 3.05) is 7.11 Å². The van der Waals surface area contributed by atoms with Gasteiger partial charge in [-0.25, -0.2) is 0 Å². The molecular weight excluding hydrogens is 295 g/mol. The first-order chi connectivity index (χ1) is 10.2. The average molecular weight is 334 g/mol. The van der Waals surface area contributed by atoms with Gasteiger partial charge in [-0.3, -0.25) is 4.79 Å². The molecule has 0 aromatic heterocycles. The topological polar surface area (TPSA) is 46.5 Å². The zero-order valence-electron chi connectivity index (χ0n) is 15.7. The van der Waals surface area contributed by atoms with Gasteiger partial charge in [-0.1, -0.05) is 66.2 Å². The Bertz CT molecular complexity index is 270. The molecule has 1 N–H and O–H groups in total. The fourth-order valence-corrected chi connectivity index (χ4v) is 3.26. The van der Waals surface area contributed by atoms with Gasteiger partial charge in [-0.2, -0.15) is 0 Å². The summed E-state index contributed by atoms with van der Waals surface area (Å²) in [4.78, 5) is 9.00. The van der Waals surface area contributed by atoms with Gasteiger partial charge in [0.15, 0.2) is 0 Å². The van der Waals surface area contributed by atoms with Crippen molar-refractivity contribution in [2.24, 2.45) is 5.41 Å². The molecule has 0 aliphatic heterocycles. The third-order valence-electron chi connectivity index (χ3n) is 4.45. The van der Waals surface area contributed by atoms with Crippen LogP contribution in [0.25, 0.3) is 0 Å². The van der Waals surface area contributed by atoms with Gasteiger partial charge in [-0.15, -0.1) is 9.24 Å². The van der Waals surface area contributed by atoms with Crippen LogP contribution >= 0.6 is 9.24 Å². The summed E-state index contributed by atoms with van der Waals surface area (Å²) >= 11 is 0. The number of unbranched alkanes of at least 4 members (excludes halogenated alkanes) is 3. The highest BCUT2D eigenvalue weighted by molar-refractivity contribution is 7.18. The second-order valence-corrected chi connectivity index (χ2v) is 7.42. The molecular formula is C18H39O3P. The molecule has 0 aromatic rings. The van der Waals surface area contributed by atoms with Crippen LogP contribution in [0.15, 0.2) is 0 Å². The van der Waals surface area contributed by atoms with Crippen LogP contribution in [0.4, 0.5) is 0 Å². The van der Waals surface area contributed by atoms with Crippen LogP contribution in [-0.2, 0) is 9.53 Å². The fourth-order valence-electron chi connectivity index (χ4n) is 2.77. The molecule has 3 nitrogen and oxygen atoms in total. The SMILES string of the molecule is CC(=O)O.CCCCC(C)(CCCC)C(P)(CCCC)OC. The monoisotopic (exact) mass is 334 g/mol. The largest absolute Gasteiger partial charge is 0.481 e. The van der Waals surface area contributed by atoms with E-state index < -0.39 is 5.97 Å². The quantitative estimate of drug-likeness (QED) is 0.480. The van der Waals surface area contributed by atoms with Crippen molar-refractivity contribution in [3.8, 4) is 0 Å². The Balaban J connectivity index is 0. The van der Waals surface area contributed by atoms with Crippen molar-refractivity contribution in [3.63, 3.8) is 0 Å². The number of carboxylic acid groups (broad SMARTS) is 1. The standard InChI is InChI=1S/C16H35OP.C2H4O2/c1-6-9-12-15(4,13-10-7-2)16(18,17-5)14-11-8-3;1-2(3)4/h6-14,18H2,1-5H3;1H3,(H,3,4). The summed E-state index contributed by atoms with van der Waals surface area (Å²) in [7, 11) is 4.94. The Kier molecular flexibility index (Phi) is 14.6. The molecule has 22 heavy (non-hydrogen) atoms.